The van der Waals surface area contributed by atoms with Crippen LogP contribution in [0.15, 0.2) is 53.6 Å². The quantitative estimate of drug-likeness (QED) is 0.604. The number of hydrogen-bond donors (Lipinski definition) is 0. The Kier molecular flexibility index (Phi) is 6.04. The van der Waals surface area contributed by atoms with Gasteiger partial charge in [0.25, 0.3) is 0 Å². The minimum Gasteiger partial charge on any atom is -0.467 e. The third-order valence-corrected chi connectivity index (χ3v) is 5.53. The van der Waals surface area contributed by atoms with Crippen LogP contribution in [0.2, 0.25) is 5.02 Å². The zero-order chi connectivity index (χ0) is 20.3. The number of nitrogens with zero attached hydrogens (tertiary/aromatic N) is 2. The van der Waals surface area contributed by atoms with Crippen LogP contribution in [-0.4, -0.2) is 24.3 Å². The molecular weight excluding hydrogens is 379 g/mol. The maximum Gasteiger partial charge on any atom is 0.334 e. The second-order valence-electron chi connectivity index (χ2n) is 7.12. The van der Waals surface area contributed by atoms with E-state index in [0.717, 1.165) is 30.5 Å². The molecule has 1 heterocycles. The van der Waals surface area contributed by atoms with Crippen LogP contribution in [0.25, 0.3) is 0 Å². The number of halogens is 2. The van der Waals surface area contributed by atoms with E-state index in [0.29, 0.717) is 10.7 Å². The average Bonchev–Trinajstić information content (AvgIpc) is 2.99. The number of hydrazone groups is 1. The lowest BCUT2D eigenvalue weighted by atomic mass is 9.77. The Labute approximate surface area is 170 Å². The molecule has 0 saturated heterocycles. The van der Waals surface area contributed by atoms with Gasteiger partial charge in [0.2, 0.25) is 0 Å². The van der Waals surface area contributed by atoms with Crippen LogP contribution in [0, 0.1) is 11.7 Å². The van der Waals surface area contributed by atoms with Gasteiger partial charge in [-0.25, -0.2) is 14.2 Å². The molecule has 0 fully saturated rings. The summed E-state index contributed by atoms with van der Waals surface area (Å²) in [7, 11) is 1.39. The van der Waals surface area contributed by atoms with Gasteiger partial charge in [-0.2, -0.15) is 5.10 Å². The Morgan fingerprint density at radius 2 is 2.00 bits per heavy atom. The van der Waals surface area contributed by atoms with Gasteiger partial charge in [-0.3, -0.25) is 0 Å². The molecule has 0 saturated carbocycles. The first-order valence-corrected chi connectivity index (χ1v) is 9.78. The molecule has 4 nitrogen and oxygen atoms in total. The first kappa shape index (κ1) is 20.3. The zero-order valence-electron chi connectivity index (χ0n) is 16.3. The molecule has 0 aromatic heterocycles. The predicted octanol–water partition coefficient (Wildman–Crippen LogP) is 5.44. The molecule has 0 radical (unpaired) electrons. The zero-order valence-corrected chi connectivity index (χ0v) is 17.0. The molecule has 1 aliphatic heterocycles. The molecule has 28 heavy (non-hydrogen) atoms. The first-order chi connectivity index (χ1) is 13.4. The molecule has 0 spiro atoms. The van der Waals surface area contributed by atoms with Gasteiger partial charge in [0.1, 0.15) is 5.82 Å². The molecule has 0 aliphatic carbocycles. The number of carbonyl (C=O) groups is 1. The number of carbonyl (C=O) groups excluding carboxylic acids is 1. The molecule has 6 heteroatoms. The summed E-state index contributed by atoms with van der Waals surface area (Å²) >= 11 is 6.19. The standard InChI is InChI=1S/C22H24ClFN2O2/c1-4-5-9-19-20(15-10-12-17(24)13-11-15)25-26(22(19,2)21(27)28-3)18-8-6-7-16(23)14-18/h6-8,10-14,19H,4-5,9H2,1-3H3. The van der Waals surface area contributed by atoms with Crippen molar-refractivity contribution in [1.82, 2.24) is 0 Å². The van der Waals surface area contributed by atoms with E-state index < -0.39 is 5.54 Å². The Balaban J connectivity index is 2.16. The van der Waals surface area contributed by atoms with Crippen molar-refractivity contribution in [2.24, 2.45) is 11.0 Å². The number of ether oxygens (including phenoxy) is 1. The summed E-state index contributed by atoms with van der Waals surface area (Å²) in [5, 5.41) is 7.08. The van der Waals surface area contributed by atoms with E-state index in [1.807, 2.05) is 19.1 Å². The molecule has 0 N–H and O–H groups in total. The van der Waals surface area contributed by atoms with Crippen molar-refractivity contribution in [2.75, 3.05) is 12.1 Å². The van der Waals surface area contributed by atoms with Gasteiger partial charge >= 0.3 is 5.97 Å². The summed E-state index contributed by atoms with van der Waals surface area (Å²) in [6.45, 7) is 3.95. The maximum atomic E-state index is 13.5. The van der Waals surface area contributed by atoms with Crippen molar-refractivity contribution in [3.05, 3.63) is 64.9 Å². The third kappa shape index (κ3) is 3.63. The van der Waals surface area contributed by atoms with Crippen molar-refractivity contribution in [2.45, 2.75) is 38.6 Å². The van der Waals surface area contributed by atoms with Crippen molar-refractivity contribution >= 4 is 29.0 Å². The van der Waals surface area contributed by atoms with Crippen LogP contribution < -0.4 is 5.01 Å². The Morgan fingerprint density at radius 3 is 2.61 bits per heavy atom. The van der Waals surface area contributed by atoms with Crippen LogP contribution in [0.5, 0.6) is 0 Å². The predicted molar refractivity (Wildman–Crippen MR) is 110 cm³/mol. The number of benzene rings is 2. The highest BCUT2D eigenvalue weighted by Crippen LogP contribution is 2.42. The number of methoxy groups -OCH3 is 1. The van der Waals surface area contributed by atoms with Crippen LogP contribution in [-0.2, 0) is 9.53 Å². The van der Waals surface area contributed by atoms with Gasteiger partial charge in [-0.1, -0.05) is 49.6 Å². The number of esters is 1. The Morgan fingerprint density at radius 1 is 1.29 bits per heavy atom. The van der Waals surface area contributed by atoms with E-state index in [4.69, 9.17) is 21.4 Å². The fourth-order valence-corrected chi connectivity index (χ4v) is 3.95. The molecule has 2 aromatic carbocycles. The molecule has 0 bridgehead atoms. The Hall–Kier alpha value is -2.40. The summed E-state index contributed by atoms with van der Waals surface area (Å²) in [5.41, 5.74) is 1.22. The van der Waals surface area contributed by atoms with Gasteiger partial charge < -0.3 is 4.74 Å². The fourth-order valence-electron chi connectivity index (χ4n) is 3.77. The molecule has 2 unspecified atom stereocenters. The van der Waals surface area contributed by atoms with Crippen molar-refractivity contribution in [3.8, 4) is 0 Å². The monoisotopic (exact) mass is 402 g/mol. The fraction of sp³-hybridized carbons (Fsp3) is 0.364. The van der Waals surface area contributed by atoms with Crippen molar-refractivity contribution in [3.63, 3.8) is 0 Å². The molecule has 0 amide bonds. The van der Waals surface area contributed by atoms with Crippen molar-refractivity contribution in [1.29, 1.82) is 0 Å². The average molecular weight is 403 g/mol. The highest BCUT2D eigenvalue weighted by molar-refractivity contribution is 6.30. The van der Waals surface area contributed by atoms with Crippen LogP contribution in [0.4, 0.5) is 10.1 Å². The van der Waals surface area contributed by atoms with E-state index in [1.165, 1.54) is 19.2 Å². The van der Waals surface area contributed by atoms with Gasteiger partial charge in [0.15, 0.2) is 5.54 Å². The second kappa shape index (κ2) is 8.31. The van der Waals surface area contributed by atoms with Crippen LogP contribution >= 0.6 is 11.6 Å². The lowest BCUT2D eigenvalue weighted by molar-refractivity contribution is -0.147. The highest BCUT2D eigenvalue weighted by atomic mass is 35.5. The summed E-state index contributed by atoms with van der Waals surface area (Å²) < 4.78 is 18.6. The van der Waals surface area contributed by atoms with E-state index >= 15 is 0 Å². The Bertz CT molecular complexity index is 884. The maximum absolute atomic E-state index is 13.5. The van der Waals surface area contributed by atoms with Crippen molar-refractivity contribution < 1.29 is 13.9 Å². The second-order valence-corrected chi connectivity index (χ2v) is 7.55. The third-order valence-electron chi connectivity index (χ3n) is 5.29. The molecular formula is C22H24ClFN2O2. The topological polar surface area (TPSA) is 41.9 Å². The number of unbranched alkanes of at least 4 members (excludes halogenated alkanes) is 1. The normalized spacial score (nSPS) is 21.5. The smallest absolute Gasteiger partial charge is 0.334 e. The highest BCUT2D eigenvalue weighted by Gasteiger charge is 2.54. The molecule has 148 valence electrons. The van der Waals surface area contributed by atoms with Gasteiger partial charge in [-0.05, 0) is 49.2 Å². The van der Waals surface area contributed by atoms with Crippen LogP contribution in [0.1, 0.15) is 38.7 Å². The molecule has 2 atom stereocenters. The summed E-state index contributed by atoms with van der Waals surface area (Å²) in [5.74, 6) is -0.881. The number of anilines is 1. The lowest BCUT2D eigenvalue weighted by Gasteiger charge is -2.36. The van der Waals surface area contributed by atoms with Gasteiger partial charge in [0.05, 0.1) is 18.5 Å². The molecule has 1 aliphatic rings. The molecule has 2 aromatic rings. The van der Waals surface area contributed by atoms with E-state index in [-0.39, 0.29) is 17.7 Å². The number of rotatable bonds is 6. The number of hydrogen-bond acceptors (Lipinski definition) is 4. The van der Waals surface area contributed by atoms with E-state index in [1.54, 1.807) is 29.3 Å². The summed E-state index contributed by atoms with van der Waals surface area (Å²) in [6, 6.07) is 13.5. The van der Waals surface area contributed by atoms with Crippen LogP contribution in [0.3, 0.4) is 0 Å². The minimum absolute atomic E-state index is 0.204. The summed E-state index contributed by atoms with van der Waals surface area (Å²) in [4.78, 5) is 13.0. The molecule has 3 rings (SSSR count). The lowest BCUT2D eigenvalue weighted by Crippen LogP contribution is -2.53. The summed E-state index contributed by atoms with van der Waals surface area (Å²) in [6.07, 6.45) is 2.68. The van der Waals surface area contributed by atoms with E-state index in [9.17, 15) is 9.18 Å². The first-order valence-electron chi connectivity index (χ1n) is 9.40. The largest absolute Gasteiger partial charge is 0.467 e. The van der Waals surface area contributed by atoms with Gasteiger partial charge in [0, 0.05) is 10.9 Å². The van der Waals surface area contributed by atoms with E-state index in [2.05, 4.69) is 6.92 Å². The SMILES string of the molecule is CCCCC1C(c2ccc(F)cc2)=NN(c2cccc(Cl)c2)C1(C)C(=O)OC. The van der Waals surface area contributed by atoms with Gasteiger partial charge in [-0.15, -0.1) is 0 Å². The minimum atomic E-state index is -1.03.